The molecular weight excluding hydrogens is 336 g/mol. The Morgan fingerprint density at radius 3 is 2.62 bits per heavy atom. The molecule has 0 saturated heterocycles. The maximum Gasteiger partial charge on any atom is 0.335 e. The molecule has 1 aromatic heterocycles. The van der Waals surface area contributed by atoms with Crippen molar-refractivity contribution in [2.45, 2.75) is 6.92 Å². The summed E-state index contributed by atoms with van der Waals surface area (Å²) in [5.41, 5.74) is 0.825. The number of ether oxygens (including phenoxy) is 2. The second-order valence-corrected chi connectivity index (χ2v) is 5.52. The summed E-state index contributed by atoms with van der Waals surface area (Å²) in [6, 6.07) is 11.5. The first-order valence-electron chi connectivity index (χ1n) is 8.17. The molecule has 1 heterocycles. The fourth-order valence-electron chi connectivity index (χ4n) is 2.48. The average Bonchev–Trinajstić information content (AvgIpc) is 2.65. The standard InChI is InChI=1S/C19H18N2O5/c1-2-25-9-10-26-14-6-3-12(4-7-14)17-20-16-8-5-13(19(23)24)11-15(16)18(22)21-17/h3-8,11H,2,9-10H2,1H3,(H,23,24)(H,20,21,22). The van der Waals surface area contributed by atoms with Gasteiger partial charge in [-0.25, -0.2) is 9.78 Å². The van der Waals surface area contributed by atoms with Crippen LogP contribution in [0.3, 0.4) is 0 Å². The Balaban J connectivity index is 1.85. The first kappa shape index (κ1) is 17.6. The SMILES string of the molecule is CCOCCOc1ccc(-c2nc3ccc(C(=O)O)cc3c(=O)[nH]2)cc1. The van der Waals surface area contributed by atoms with Gasteiger partial charge in [0.1, 0.15) is 18.2 Å². The van der Waals surface area contributed by atoms with Gasteiger partial charge in [0.05, 0.1) is 23.1 Å². The molecule has 0 aliphatic rings. The number of carboxylic acids is 1. The zero-order chi connectivity index (χ0) is 18.5. The quantitative estimate of drug-likeness (QED) is 0.633. The summed E-state index contributed by atoms with van der Waals surface area (Å²) in [5.74, 6) is 0.0180. The molecule has 7 nitrogen and oxygen atoms in total. The number of hydrogen-bond donors (Lipinski definition) is 2. The van der Waals surface area contributed by atoms with Crippen LogP contribution in [0.25, 0.3) is 22.3 Å². The summed E-state index contributed by atoms with van der Waals surface area (Å²) in [5, 5.41) is 9.27. The topological polar surface area (TPSA) is 102 Å². The second-order valence-electron chi connectivity index (χ2n) is 5.52. The molecule has 0 aliphatic heterocycles. The van der Waals surface area contributed by atoms with Crippen LogP contribution in [0.4, 0.5) is 0 Å². The van der Waals surface area contributed by atoms with E-state index in [4.69, 9.17) is 14.6 Å². The number of fused-ring (bicyclic) bond motifs is 1. The van der Waals surface area contributed by atoms with E-state index in [1.54, 1.807) is 24.3 Å². The molecule has 7 heteroatoms. The molecule has 3 aromatic rings. The number of nitrogens with one attached hydrogen (secondary N) is 1. The van der Waals surface area contributed by atoms with Gasteiger partial charge in [0, 0.05) is 12.2 Å². The maximum absolute atomic E-state index is 12.3. The van der Waals surface area contributed by atoms with E-state index in [9.17, 15) is 9.59 Å². The molecule has 0 spiro atoms. The Bertz CT molecular complexity index is 979. The molecule has 26 heavy (non-hydrogen) atoms. The first-order valence-corrected chi connectivity index (χ1v) is 8.17. The zero-order valence-corrected chi connectivity index (χ0v) is 14.2. The number of aromatic amines is 1. The largest absolute Gasteiger partial charge is 0.491 e. The Kier molecular flexibility index (Phi) is 5.28. The van der Waals surface area contributed by atoms with E-state index in [1.165, 1.54) is 18.2 Å². The average molecular weight is 354 g/mol. The monoisotopic (exact) mass is 354 g/mol. The minimum atomic E-state index is -1.09. The van der Waals surface area contributed by atoms with Crippen LogP contribution in [0.1, 0.15) is 17.3 Å². The van der Waals surface area contributed by atoms with Crippen molar-refractivity contribution >= 4 is 16.9 Å². The van der Waals surface area contributed by atoms with Crippen LogP contribution < -0.4 is 10.3 Å². The smallest absolute Gasteiger partial charge is 0.335 e. The van der Waals surface area contributed by atoms with E-state index in [2.05, 4.69) is 9.97 Å². The van der Waals surface area contributed by atoms with Crippen molar-refractivity contribution in [3.8, 4) is 17.1 Å². The van der Waals surface area contributed by atoms with Gasteiger partial charge in [-0.3, -0.25) is 4.79 Å². The van der Waals surface area contributed by atoms with Crippen molar-refractivity contribution in [2.24, 2.45) is 0 Å². The Morgan fingerprint density at radius 2 is 1.92 bits per heavy atom. The van der Waals surface area contributed by atoms with Gasteiger partial charge in [-0.05, 0) is 49.4 Å². The minimum absolute atomic E-state index is 0.0473. The van der Waals surface area contributed by atoms with Gasteiger partial charge in [-0.2, -0.15) is 0 Å². The Labute approximate surface area is 149 Å². The fraction of sp³-hybridized carbons (Fsp3) is 0.211. The van der Waals surface area contributed by atoms with Crippen LogP contribution >= 0.6 is 0 Å². The number of nitrogens with zero attached hydrogens (tertiary/aromatic N) is 1. The molecule has 2 N–H and O–H groups in total. The highest BCUT2D eigenvalue weighted by Gasteiger charge is 2.10. The number of aromatic nitrogens is 2. The van der Waals surface area contributed by atoms with Crippen LogP contribution in [0, 0.1) is 0 Å². The predicted molar refractivity (Wildman–Crippen MR) is 96.7 cm³/mol. The number of hydrogen-bond acceptors (Lipinski definition) is 5. The molecule has 0 saturated carbocycles. The van der Waals surface area contributed by atoms with E-state index in [-0.39, 0.29) is 16.5 Å². The number of rotatable bonds is 7. The Hall–Kier alpha value is -3.19. The molecule has 0 amide bonds. The summed E-state index contributed by atoms with van der Waals surface area (Å²) in [6.07, 6.45) is 0. The lowest BCUT2D eigenvalue weighted by atomic mass is 10.1. The summed E-state index contributed by atoms with van der Waals surface area (Å²) >= 11 is 0. The molecule has 2 aromatic carbocycles. The first-order chi connectivity index (χ1) is 12.6. The van der Waals surface area contributed by atoms with Crippen LogP contribution in [0.5, 0.6) is 5.75 Å². The molecular formula is C19H18N2O5. The van der Waals surface area contributed by atoms with Gasteiger partial charge in [0.2, 0.25) is 0 Å². The molecule has 3 rings (SSSR count). The van der Waals surface area contributed by atoms with Crippen LogP contribution in [0.2, 0.25) is 0 Å². The Morgan fingerprint density at radius 1 is 1.15 bits per heavy atom. The highest BCUT2D eigenvalue weighted by molar-refractivity contribution is 5.93. The number of aromatic carboxylic acids is 1. The molecule has 0 unspecified atom stereocenters. The summed E-state index contributed by atoms with van der Waals surface area (Å²) in [4.78, 5) is 30.4. The molecule has 0 radical (unpaired) electrons. The van der Waals surface area contributed by atoms with Crippen LogP contribution in [-0.2, 0) is 4.74 Å². The lowest BCUT2D eigenvalue weighted by Crippen LogP contribution is -2.10. The molecule has 0 aliphatic carbocycles. The van der Waals surface area contributed by atoms with Crippen LogP contribution in [-0.4, -0.2) is 40.9 Å². The van der Waals surface area contributed by atoms with Gasteiger partial charge in [0.25, 0.3) is 5.56 Å². The van der Waals surface area contributed by atoms with E-state index >= 15 is 0 Å². The number of H-pyrrole nitrogens is 1. The van der Waals surface area contributed by atoms with E-state index in [1.807, 2.05) is 6.92 Å². The third-order valence-electron chi connectivity index (χ3n) is 3.78. The molecule has 134 valence electrons. The highest BCUT2D eigenvalue weighted by atomic mass is 16.5. The van der Waals surface area contributed by atoms with Crippen molar-refractivity contribution in [1.29, 1.82) is 0 Å². The van der Waals surface area contributed by atoms with Gasteiger partial charge in [-0.15, -0.1) is 0 Å². The second kappa shape index (κ2) is 7.79. The van der Waals surface area contributed by atoms with Gasteiger partial charge in [0.15, 0.2) is 0 Å². The normalized spacial score (nSPS) is 10.8. The summed E-state index contributed by atoms with van der Waals surface area (Å²) in [6.45, 7) is 3.56. The summed E-state index contributed by atoms with van der Waals surface area (Å²) < 4.78 is 10.8. The van der Waals surface area contributed by atoms with Crippen molar-refractivity contribution in [3.63, 3.8) is 0 Å². The van der Waals surface area contributed by atoms with Gasteiger partial charge < -0.3 is 19.6 Å². The lowest BCUT2D eigenvalue weighted by molar-refractivity contribution is 0.0697. The number of carboxylic acid groups (broad SMARTS) is 1. The highest BCUT2D eigenvalue weighted by Crippen LogP contribution is 2.20. The van der Waals surface area contributed by atoms with Crippen molar-refractivity contribution < 1.29 is 19.4 Å². The van der Waals surface area contributed by atoms with Crippen molar-refractivity contribution in [3.05, 3.63) is 58.4 Å². The molecule has 0 atom stereocenters. The third kappa shape index (κ3) is 3.89. The number of carbonyl (C=O) groups is 1. The molecule has 0 fully saturated rings. The van der Waals surface area contributed by atoms with Gasteiger partial charge >= 0.3 is 5.97 Å². The minimum Gasteiger partial charge on any atom is -0.491 e. The van der Waals surface area contributed by atoms with E-state index < -0.39 is 5.97 Å². The van der Waals surface area contributed by atoms with Gasteiger partial charge in [-0.1, -0.05) is 0 Å². The molecule has 0 bridgehead atoms. The zero-order valence-electron chi connectivity index (χ0n) is 14.2. The third-order valence-corrected chi connectivity index (χ3v) is 3.78. The summed E-state index contributed by atoms with van der Waals surface area (Å²) in [7, 11) is 0. The van der Waals surface area contributed by atoms with Crippen molar-refractivity contribution in [2.75, 3.05) is 19.8 Å². The van der Waals surface area contributed by atoms with E-state index in [0.717, 1.165) is 5.56 Å². The maximum atomic E-state index is 12.3. The predicted octanol–water partition coefficient (Wildman–Crippen LogP) is 2.70. The van der Waals surface area contributed by atoms with E-state index in [0.29, 0.717) is 36.9 Å². The lowest BCUT2D eigenvalue weighted by Gasteiger charge is -2.08. The fourth-order valence-corrected chi connectivity index (χ4v) is 2.48. The number of benzene rings is 2. The van der Waals surface area contributed by atoms with Crippen molar-refractivity contribution in [1.82, 2.24) is 9.97 Å². The van der Waals surface area contributed by atoms with Crippen LogP contribution in [0.15, 0.2) is 47.3 Å².